The molecule has 0 unspecified atom stereocenters. The molecule has 2 saturated heterocycles. The number of hydrogen-bond acceptors (Lipinski definition) is 6. The molecule has 1 amide bonds. The molecule has 0 bridgehead atoms. The molecule has 0 radical (unpaired) electrons. The summed E-state index contributed by atoms with van der Waals surface area (Å²) < 4.78 is 11.0. The predicted octanol–water partition coefficient (Wildman–Crippen LogP) is 3.08. The molecule has 2 aliphatic heterocycles. The van der Waals surface area contributed by atoms with E-state index in [1.54, 1.807) is 6.08 Å². The smallest absolute Gasteiger partial charge is 0.248 e. The van der Waals surface area contributed by atoms with Gasteiger partial charge in [0.15, 0.2) is 0 Å². The number of anilines is 4. The maximum Gasteiger partial charge on any atom is 0.248 e. The normalized spacial score (nSPS) is 16.9. The summed E-state index contributed by atoms with van der Waals surface area (Å²) in [6.45, 7) is 6.24. The number of carbonyl (C=O) groups excluding carboxylic acids is 1. The molecular formula is C25H32N4O3. The van der Waals surface area contributed by atoms with Gasteiger partial charge < -0.3 is 29.5 Å². The Labute approximate surface area is 190 Å². The number of rotatable bonds is 6. The molecule has 4 rings (SSSR count). The maximum absolute atomic E-state index is 12.7. The van der Waals surface area contributed by atoms with Crippen molar-refractivity contribution in [2.24, 2.45) is 0 Å². The summed E-state index contributed by atoms with van der Waals surface area (Å²) in [7, 11) is 4.02. The van der Waals surface area contributed by atoms with Gasteiger partial charge in [-0.15, -0.1) is 0 Å². The molecule has 0 saturated carbocycles. The highest BCUT2D eigenvalue weighted by Crippen LogP contribution is 2.32. The minimum absolute atomic E-state index is 0.143. The van der Waals surface area contributed by atoms with Crippen LogP contribution in [-0.4, -0.2) is 72.6 Å². The van der Waals surface area contributed by atoms with Crippen molar-refractivity contribution in [2.45, 2.75) is 0 Å². The minimum atomic E-state index is -0.143. The van der Waals surface area contributed by atoms with E-state index in [0.29, 0.717) is 13.2 Å². The molecular weight excluding hydrogens is 404 g/mol. The number of hydrogen-bond donors (Lipinski definition) is 1. The number of nitrogens with zero attached hydrogens (tertiary/aromatic N) is 3. The average molecular weight is 437 g/mol. The van der Waals surface area contributed by atoms with Crippen molar-refractivity contribution in [1.82, 2.24) is 0 Å². The Morgan fingerprint density at radius 2 is 1.53 bits per heavy atom. The third-order valence-corrected chi connectivity index (χ3v) is 5.80. The van der Waals surface area contributed by atoms with E-state index in [2.05, 4.69) is 27.2 Å². The van der Waals surface area contributed by atoms with Gasteiger partial charge >= 0.3 is 0 Å². The molecule has 2 aliphatic rings. The summed E-state index contributed by atoms with van der Waals surface area (Å²) in [5.41, 5.74) is 5.13. The molecule has 0 aromatic heterocycles. The molecule has 0 aliphatic carbocycles. The summed E-state index contributed by atoms with van der Waals surface area (Å²) in [5, 5.41) is 3.08. The van der Waals surface area contributed by atoms with Crippen LogP contribution in [0.4, 0.5) is 22.7 Å². The summed E-state index contributed by atoms with van der Waals surface area (Å²) in [4.78, 5) is 19.4. The molecule has 32 heavy (non-hydrogen) atoms. The summed E-state index contributed by atoms with van der Waals surface area (Å²) >= 11 is 0. The topological polar surface area (TPSA) is 57.3 Å². The van der Waals surface area contributed by atoms with Crippen LogP contribution in [0.2, 0.25) is 0 Å². The van der Waals surface area contributed by atoms with Gasteiger partial charge in [-0.1, -0.05) is 12.1 Å². The first-order valence-corrected chi connectivity index (χ1v) is 11.2. The first kappa shape index (κ1) is 22.2. The SMILES string of the molecule is CN(C)c1ccc(/C=C/C(=O)Nc2ccc(N3CCOCC3)cc2N2CCOCC2)cc1. The molecule has 2 heterocycles. The molecule has 1 N–H and O–H groups in total. The molecule has 2 fully saturated rings. The van der Waals surface area contributed by atoms with Crippen LogP contribution in [0.5, 0.6) is 0 Å². The highest BCUT2D eigenvalue weighted by atomic mass is 16.5. The monoisotopic (exact) mass is 436 g/mol. The molecule has 0 atom stereocenters. The summed E-state index contributed by atoms with van der Waals surface area (Å²) in [6.07, 6.45) is 3.43. The van der Waals surface area contributed by atoms with E-state index < -0.39 is 0 Å². The third kappa shape index (κ3) is 5.60. The van der Waals surface area contributed by atoms with Gasteiger partial charge in [-0.2, -0.15) is 0 Å². The van der Waals surface area contributed by atoms with Crippen molar-refractivity contribution in [3.05, 3.63) is 54.1 Å². The van der Waals surface area contributed by atoms with E-state index in [4.69, 9.17) is 9.47 Å². The molecule has 2 aromatic carbocycles. The first-order valence-electron chi connectivity index (χ1n) is 11.2. The largest absolute Gasteiger partial charge is 0.378 e. The fourth-order valence-electron chi connectivity index (χ4n) is 3.94. The van der Waals surface area contributed by atoms with Crippen LogP contribution in [0.3, 0.4) is 0 Å². The summed E-state index contributed by atoms with van der Waals surface area (Å²) in [5.74, 6) is -0.143. The van der Waals surface area contributed by atoms with Crippen LogP contribution in [0.15, 0.2) is 48.5 Å². The van der Waals surface area contributed by atoms with Gasteiger partial charge in [-0.05, 0) is 42.0 Å². The highest BCUT2D eigenvalue weighted by molar-refractivity contribution is 6.04. The van der Waals surface area contributed by atoms with Crippen molar-refractivity contribution >= 4 is 34.7 Å². The van der Waals surface area contributed by atoms with Crippen molar-refractivity contribution < 1.29 is 14.3 Å². The number of morpholine rings is 2. The van der Waals surface area contributed by atoms with Gasteiger partial charge in [-0.25, -0.2) is 0 Å². The Bertz CT molecular complexity index is 931. The number of carbonyl (C=O) groups is 1. The lowest BCUT2D eigenvalue weighted by molar-refractivity contribution is -0.111. The lowest BCUT2D eigenvalue weighted by Crippen LogP contribution is -2.38. The Morgan fingerprint density at radius 3 is 2.16 bits per heavy atom. The molecule has 0 spiro atoms. The van der Waals surface area contributed by atoms with Gasteiger partial charge in [0.05, 0.1) is 37.8 Å². The second-order valence-corrected chi connectivity index (χ2v) is 8.21. The van der Waals surface area contributed by atoms with Crippen molar-refractivity contribution in [3.63, 3.8) is 0 Å². The van der Waals surface area contributed by atoms with Crippen LogP contribution in [0.25, 0.3) is 6.08 Å². The predicted molar refractivity (Wildman–Crippen MR) is 131 cm³/mol. The number of amides is 1. The van der Waals surface area contributed by atoms with Crippen LogP contribution >= 0.6 is 0 Å². The Hall–Kier alpha value is -3.03. The van der Waals surface area contributed by atoms with E-state index in [1.165, 1.54) is 0 Å². The van der Waals surface area contributed by atoms with E-state index >= 15 is 0 Å². The average Bonchev–Trinajstić information content (AvgIpc) is 2.84. The van der Waals surface area contributed by atoms with E-state index in [9.17, 15) is 4.79 Å². The number of ether oxygens (including phenoxy) is 2. The highest BCUT2D eigenvalue weighted by Gasteiger charge is 2.19. The maximum atomic E-state index is 12.7. The Morgan fingerprint density at radius 1 is 0.906 bits per heavy atom. The van der Waals surface area contributed by atoms with E-state index in [-0.39, 0.29) is 5.91 Å². The fourth-order valence-corrected chi connectivity index (χ4v) is 3.94. The molecule has 170 valence electrons. The lowest BCUT2D eigenvalue weighted by atomic mass is 10.1. The van der Waals surface area contributed by atoms with E-state index in [1.807, 2.05) is 55.4 Å². The zero-order valence-corrected chi connectivity index (χ0v) is 18.9. The minimum Gasteiger partial charge on any atom is -0.378 e. The standard InChI is InChI=1S/C25H32N4O3/c1-27(2)21-6-3-20(4-7-21)5-10-25(30)26-23-9-8-22(28-11-15-31-16-12-28)19-24(23)29-13-17-32-18-14-29/h3-10,19H,11-18H2,1-2H3,(H,26,30)/b10-5+. The zero-order valence-electron chi connectivity index (χ0n) is 18.9. The van der Waals surface area contributed by atoms with Gasteiger partial charge in [0.1, 0.15) is 0 Å². The molecule has 7 heteroatoms. The molecule has 7 nitrogen and oxygen atoms in total. The van der Waals surface area contributed by atoms with Crippen LogP contribution in [0.1, 0.15) is 5.56 Å². The molecule has 2 aromatic rings. The van der Waals surface area contributed by atoms with Crippen molar-refractivity contribution in [2.75, 3.05) is 86.7 Å². The third-order valence-electron chi connectivity index (χ3n) is 5.80. The summed E-state index contributed by atoms with van der Waals surface area (Å²) in [6, 6.07) is 14.4. The van der Waals surface area contributed by atoms with Gasteiger partial charge in [-0.3, -0.25) is 4.79 Å². The first-order chi connectivity index (χ1) is 15.6. The Balaban J connectivity index is 1.50. The number of nitrogens with one attached hydrogen (secondary N) is 1. The lowest BCUT2D eigenvalue weighted by Gasteiger charge is -2.33. The second-order valence-electron chi connectivity index (χ2n) is 8.21. The van der Waals surface area contributed by atoms with Crippen LogP contribution in [-0.2, 0) is 14.3 Å². The van der Waals surface area contributed by atoms with Crippen molar-refractivity contribution in [1.29, 1.82) is 0 Å². The van der Waals surface area contributed by atoms with Crippen LogP contribution in [0, 0.1) is 0 Å². The van der Waals surface area contributed by atoms with E-state index in [0.717, 1.165) is 67.7 Å². The Kier molecular flexibility index (Phi) is 7.29. The van der Waals surface area contributed by atoms with Gasteiger partial charge in [0.25, 0.3) is 0 Å². The van der Waals surface area contributed by atoms with Gasteiger partial charge in [0.2, 0.25) is 5.91 Å². The van der Waals surface area contributed by atoms with Crippen molar-refractivity contribution in [3.8, 4) is 0 Å². The second kappa shape index (κ2) is 10.5. The zero-order chi connectivity index (χ0) is 22.3. The van der Waals surface area contributed by atoms with Gasteiger partial charge in [0, 0.05) is 57.7 Å². The number of benzene rings is 2. The van der Waals surface area contributed by atoms with Crippen LogP contribution < -0.4 is 20.0 Å². The fraction of sp³-hybridized carbons (Fsp3) is 0.400. The quantitative estimate of drug-likeness (QED) is 0.703.